The molecule has 1 N–H and O–H groups in total. The van der Waals surface area contributed by atoms with E-state index in [1.807, 2.05) is 0 Å². The molecular weight excluding hydrogens is 399 g/mol. The van der Waals surface area contributed by atoms with Gasteiger partial charge in [0.15, 0.2) is 6.10 Å². The molecule has 0 aliphatic carbocycles. The van der Waals surface area contributed by atoms with Crippen LogP contribution in [0.2, 0.25) is 0 Å². The Bertz CT molecular complexity index is 976. The second-order valence-electron chi connectivity index (χ2n) is 6.13. The third-order valence-corrected chi connectivity index (χ3v) is 6.24. The van der Waals surface area contributed by atoms with Crippen molar-refractivity contribution in [1.29, 1.82) is 0 Å². The van der Waals surface area contributed by atoms with Crippen LogP contribution in [-0.2, 0) is 19.6 Å². The minimum atomic E-state index is -3.88. The number of para-hydroxylation sites is 1. The van der Waals surface area contributed by atoms with E-state index >= 15 is 0 Å². The summed E-state index contributed by atoms with van der Waals surface area (Å²) in [5.41, 5.74) is -0.0449. The largest absolute Gasteiger partial charge is 0.449 e. The Hall–Kier alpha value is -2.78. The summed E-state index contributed by atoms with van der Waals surface area (Å²) >= 11 is 0. The van der Waals surface area contributed by atoms with Crippen LogP contribution >= 0.6 is 0 Å². The zero-order chi connectivity index (χ0) is 21.6. The molecule has 7 nitrogen and oxygen atoms in total. The molecule has 0 aliphatic heterocycles. The van der Waals surface area contributed by atoms with Crippen molar-refractivity contribution in [2.24, 2.45) is 0 Å². The van der Waals surface area contributed by atoms with E-state index in [0.717, 1.165) is 18.2 Å². The zero-order valence-corrected chi connectivity index (χ0v) is 17.2. The van der Waals surface area contributed by atoms with Crippen molar-refractivity contribution in [3.63, 3.8) is 0 Å². The quantitative estimate of drug-likeness (QED) is 0.660. The van der Waals surface area contributed by atoms with Gasteiger partial charge in [0.2, 0.25) is 10.0 Å². The molecule has 2 aromatic carbocycles. The molecular formula is C20H23FN2O5S. The standard InChI is InChI=1S/C20H23FN2O5S/c1-4-23(5-2)29(26,27)16-11-12-18(21)17(13-16)20(25)28-14(3)19(24)22-15-9-7-6-8-10-15/h6-14H,4-5H2,1-3H3,(H,22,24). The molecule has 2 aromatic rings. The second-order valence-corrected chi connectivity index (χ2v) is 8.07. The number of sulfonamides is 1. The molecule has 0 aromatic heterocycles. The van der Waals surface area contributed by atoms with Crippen LogP contribution < -0.4 is 5.32 Å². The number of carbonyl (C=O) groups excluding carboxylic acids is 2. The van der Waals surface area contributed by atoms with Gasteiger partial charge in [0.1, 0.15) is 5.82 Å². The summed E-state index contributed by atoms with van der Waals surface area (Å²) in [5, 5.41) is 2.57. The van der Waals surface area contributed by atoms with E-state index in [1.165, 1.54) is 11.2 Å². The number of hydrogen-bond acceptors (Lipinski definition) is 5. The Morgan fingerprint density at radius 3 is 2.31 bits per heavy atom. The van der Waals surface area contributed by atoms with Crippen molar-refractivity contribution >= 4 is 27.6 Å². The third-order valence-electron chi connectivity index (χ3n) is 4.20. The van der Waals surface area contributed by atoms with Crippen molar-refractivity contribution < 1.29 is 27.1 Å². The average molecular weight is 422 g/mol. The number of nitrogens with one attached hydrogen (secondary N) is 1. The number of nitrogens with zero attached hydrogens (tertiary/aromatic N) is 1. The summed E-state index contributed by atoms with van der Waals surface area (Å²) in [6.07, 6.45) is -1.22. The van der Waals surface area contributed by atoms with E-state index in [9.17, 15) is 22.4 Å². The summed E-state index contributed by atoms with van der Waals surface area (Å²) in [6.45, 7) is 5.14. The van der Waals surface area contributed by atoms with Crippen molar-refractivity contribution in [2.45, 2.75) is 31.8 Å². The topological polar surface area (TPSA) is 92.8 Å². The highest BCUT2D eigenvalue weighted by molar-refractivity contribution is 7.89. The van der Waals surface area contributed by atoms with Crippen molar-refractivity contribution in [3.05, 3.63) is 59.9 Å². The molecule has 156 valence electrons. The maximum atomic E-state index is 14.2. The van der Waals surface area contributed by atoms with E-state index in [-0.39, 0.29) is 18.0 Å². The van der Waals surface area contributed by atoms with Gasteiger partial charge in [-0.05, 0) is 37.3 Å². The highest BCUT2D eigenvalue weighted by Gasteiger charge is 2.26. The molecule has 9 heteroatoms. The van der Waals surface area contributed by atoms with E-state index < -0.39 is 39.4 Å². The van der Waals surface area contributed by atoms with Gasteiger partial charge in [0, 0.05) is 18.8 Å². The Morgan fingerprint density at radius 2 is 1.72 bits per heavy atom. The molecule has 1 unspecified atom stereocenters. The molecule has 0 radical (unpaired) electrons. The Balaban J connectivity index is 2.19. The molecule has 0 spiro atoms. The van der Waals surface area contributed by atoms with Crippen LogP contribution in [0.5, 0.6) is 0 Å². The molecule has 0 saturated heterocycles. The fraction of sp³-hybridized carbons (Fsp3) is 0.300. The molecule has 0 fully saturated rings. The number of rotatable bonds is 8. The Morgan fingerprint density at radius 1 is 1.10 bits per heavy atom. The van der Waals surface area contributed by atoms with Crippen LogP contribution in [0.3, 0.4) is 0 Å². The molecule has 0 bridgehead atoms. The van der Waals surface area contributed by atoms with Gasteiger partial charge in [-0.1, -0.05) is 32.0 Å². The van der Waals surface area contributed by atoms with Gasteiger partial charge < -0.3 is 10.1 Å². The number of carbonyl (C=O) groups is 2. The van der Waals surface area contributed by atoms with Gasteiger partial charge in [-0.25, -0.2) is 17.6 Å². The van der Waals surface area contributed by atoms with Crippen LogP contribution in [0.15, 0.2) is 53.4 Å². The maximum absolute atomic E-state index is 14.2. The smallest absolute Gasteiger partial charge is 0.341 e. The second kappa shape index (κ2) is 9.62. The predicted molar refractivity (Wildman–Crippen MR) is 106 cm³/mol. The first kappa shape index (κ1) is 22.5. The third kappa shape index (κ3) is 5.39. The summed E-state index contributed by atoms with van der Waals surface area (Å²) in [4.78, 5) is 24.3. The molecule has 2 rings (SSSR count). The van der Waals surface area contributed by atoms with Crippen molar-refractivity contribution in [1.82, 2.24) is 4.31 Å². The first-order valence-corrected chi connectivity index (χ1v) is 10.5. The van der Waals surface area contributed by atoms with Crippen molar-refractivity contribution in [2.75, 3.05) is 18.4 Å². The molecule has 0 heterocycles. The number of benzene rings is 2. The van der Waals surface area contributed by atoms with Gasteiger partial charge in [-0.2, -0.15) is 4.31 Å². The minimum Gasteiger partial charge on any atom is -0.449 e. The molecule has 29 heavy (non-hydrogen) atoms. The highest BCUT2D eigenvalue weighted by Crippen LogP contribution is 2.20. The zero-order valence-electron chi connectivity index (χ0n) is 16.4. The van der Waals surface area contributed by atoms with Crippen LogP contribution in [0.25, 0.3) is 0 Å². The van der Waals surface area contributed by atoms with E-state index in [0.29, 0.717) is 5.69 Å². The first-order valence-electron chi connectivity index (χ1n) is 9.07. The summed E-state index contributed by atoms with van der Waals surface area (Å²) < 4.78 is 45.6. The van der Waals surface area contributed by atoms with Gasteiger partial charge in [0.05, 0.1) is 10.5 Å². The molecule has 0 saturated carbocycles. The van der Waals surface area contributed by atoms with Crippen molar-refractivity contribution in [3.8, 4) is 0 Å². The average Bonchev–Trinajstić information content (AvgIpc) is 2.69. The summed E-state index contributed by atoms with van der Waals surface area (Å²) in [6, 6.07) is 11.5. The lowest BCUT2D eigenvalue weighted by Gasteiger charge is -2.19. The first-order chi connectivity index (χ1) is 13.7. The van der Waals surface area contributed by atoms with Gasteiger partial charge in [-0.15, -0.1) is 0 Å². The number of hydrogen-bond donors (Lipinski definition) is 1. The highest BCUT2D eigenvalue weighted by atomic mass is 32.2. The number of halogens is 1. The number of amides is 1. The van der Waals surface area contributed by atoms with Gasteiger partial charge in [0.25, 0.3) is 5.91 Å². The van der Waals surface area contributed by atoms with Gasteiger partial charge >= 0.3 is 5.97 Å². The number of anilines is 1. The minimum absolute atomic E-state index is 0.226. The lowest BCUT2D eigenvalue weighted by atomic mass is 10.2. The van der Waals surface area contributed by atoms with Gasteiger partial charge in [-0.3, -0.25) is 4.79 Å². The van der Waals surface area contributed by atoms with E-state index in [1.54, 1.807) is 44.2 Å². The SMILES string of the molecule is CCN(CC)S(=O)(=O)c1ccc(F)c(C(=O)OC(C)C(=O)Nc2ccccc2)c1. The monoisotopic (exact) mass is 422 g/mol. The van der Waals surface area contributed by atoms with E-state index in [4.69, 9.17) is 4.74 Å². The normalized spacial score (nSPS) is 12.4. The van der Waals surface area contributed by atoms with Crippen LogP contribution in [0, 0.1) is 5.82 Å². The Kier molecular flexibility index (Phi) is 7.46. The van der Waals surface area contributed by atoms with E-state index in [2.05, 4.69) is 5.32 Å². The predicted octanol–water partition coefficient (Wildman–Crippen LogP) is 3.04. The summed E-state index contributed by atoms with van der Waals surface area (Å²) in [5.74, 6) is -2.67. The number of ether oxygens (including phenoxy) is 1. The molecule has 0 aliphatic rings. The van der Waals surface area contributed by atoms with Crippen LogP contribution in [0.4, 0.5) is 10.1 Å². The molecule has 1 amide bonds. The molecule has 1 atom stereocenters. The summed E-state index contributed by atoms with van der Waals surface area (Å²) in [7, 11) is -3.88. The lowest BCUT2D eigenvalue weighted by molar-refractivity contribution is -0.123. The Labute approximate surface area is 169 Å². The fourth-order valence-electron chi connectivity index (χ4n) is 2.58. The van der Waals surface area contributed by atoms with Crippen LogP contribution in [0.1, 0.15) is 31.1 Å². The fourth-order valence-corrected chi connectivity index (χ4v) is 4.06. The van der Waals surface area contributed by atoms with Crippen LogP contribution in [-0.4, -0.2) is 43.8 Å². The number of esters is 1. The maximum Gasteiger partial charge on any atom is 0.341 e. The lowest BCUT2D eigenvalue weighted by Crippen LogP contribution is -2.31.